The molecule has 2 atom stereocenters. The molecule has 2 heterocycles. The van der Waals surface area contributed by atoms with E-state index in [1.54, 1.807) is 0 Å². The van der Waals surface area contributed by atoms with Gasteiger partial charge >= 0.3 is 0 Å². The molecule has 0 aromatic rings. The molecule has 1 N–H and O–H groups in total. The van der Waals surface area contributed by atoms with Crippen molar-refractivity contribution in [3.8, 4) is 0 Å². The molecule has 0 spiro atoms. The van der Waals surface area contributed by atoms with Crippen molar-refractivity contribution in [1.82, 2.24) is 10.2 Å². The standard InChI is InChI=1S/C12H24N2O/c1-10(2)8-14-5-6-15-9-11-7-13-4-3-12(11)14/h10-13H,3-9H2,1-2H3/t11-,12+/m1/s1. The van der Waals surface area contributed by atoms with Gasteiger partial charge in [-0.3, -0.25) is 4.90 Å². The van der Waals surface area contributed by atoms with Crippen LogP contribution in [0, 0.1) is 11.8 Å². The zero-order chi connectivity index (χ0) is 10.7. The second kappa shape index (κ2) is 5.28. The van der Waals surface area contributed by atoms with Crippen LogP contribution in [0.25, 0.3) is 0 Å². The lowest BCUT2D eigenvalue weighted by Gasteiger charge is -2.38. The Morgan fingerprint density at radius 2 is 2.33 bits per heavy atom. The van der Waals surface area contributed by atoms with Gasteiger partial charge in [0.25, 0.3) is 0 Å². The summed E-state index contributed by atoms with van der Waals surface area (Å²) in [6, 6.07) is 0.760. The normalized spacial score (nSPS) is 33.8. The van der Waals surface area contributed by atoms with Gasteiger partial charge in [-0.1, -0.05) is 13.8 Å². The maximum Gasteiger partial charge on any atom is 0.0593 e. The molecule has 0 amide bonds. The summed E-state index contributed by atoms with van der Waals surface area (Å²) in [5.74, 6) is 1.47. The Kier molecular flexibility index (Phi) is 4.00. The summed E-state index contributed by atoms with van der Waals surface area (Å²) < 4.78 is 5.69. The summed E-state index contributed by atoms with van der Waals surface area (Å²) in [5.41, 5.74) is 0. The summed E-state index contributed by atoms with van der Waals surface area (Å²) in [7, 11) is 0. The number of fused-ring (bicyclic) bond motifs is 1. The van der Waals surface area contributed by atoms with Gasteiger partial charge < -0.3 is 10.1 Å². The van der Waals surface area contributed by atoms with Crippen molar-refractivity contribution in [2.75, 3.05) is 39.4 Å². The predicted octanol–water partition coefficient (Wildman–Crippen LogP) is 0.953. The maximum absolute atomic E-state index is 5.69. The highest BCUT2D eigenvalue weighted by Crippen LogP contribution is 2.22. The lowest BCUT2D eigenvalue weighted by Crippen LogP contribution is -2.50. The number of rotatable bonds is 2. The van der Waals surface area contributed by atoms with Gasteiger partial charge in [0, 0.05) is 31.6 Å². The van der Waals surface area contributed by atoms with Crippen LogP contribution in [0.3, 0.4) is 0 Å². The molecule has 0 radical (unpaired) electrons. The van der Waals surface area contributed by atoms with E-state index in [2.05, 4.69) is 24.1 Å². The first kappa shape index (κ1) is 11.4. The Labute approximate surface area is 93.2 Å². The van der Waals surface area contributed by atoms with Crippen molar-refractivity contribution in [3.63, 3.8) is 0 Å². The molecule has 15 heavy (non-hydrogen) atoms. The minimum absolute atomic E-state index is 0.708. The lowest BCUT2D eigenvalue weighted by molar-refractivity contribution is 0.0992. The van der Waals surface area contributed by atoms with E-state index in [0.717, 1.165) is 38.3 Å². The van der Waals surface area contributed by atoms with E-state index in [1.165, 1.54) is 19.5 Å². The predicted molar refractivity (Wildman–Crippen MR) is 62.0 cm³/mol. The molecule has 88 valence electrons. The van der Waals surface area contributed by atoms with Gasteiger partial charge in [0.05, 0.1) is 13.2 Å². The second-order valence-electron chi connectivity index (χ2n) is 5.28. The fourth-order valence-corrected chi connectivity index (χ4v) is 2.84. The van der Waals surface area contributed by atoms with Gasteiger partial charge in [0.1, 0.15) is 0 Å². The molecule has 0 aromatic heterocycles. The van der Waals surface area contributed by atoms with Crippen LogP contribution in [0.1, 0.15) is 20.3 Å². The molecule has 0 aliphatic carbocycles. The molecule has 2 fully saturated rings. The molecule has 3 heteroatoms. The fourth-order valence-electron chi connectivity index (χ4n) is 2.84. The van der Waals surface area contributed by atoms with Gasteiger partial charge in [0.2, 0.25) is 0 Å². The SMILES string of the molecule is CC(C)CN1CCOC[C@H]2CNCC[C@@H]21. The maximum atomic E-state index is 5.69. The molecule has 0 unspecified atom stereocenters. The molecular weight excluding hydrogens is 188 g/mol. The first-order chi connectivity index (χ1) is 7.27. The van der Waals surface area contributed by atoms with E-state index in [9.17, 15) is 0 Å². The third kappa shape index (κ3) is 2.92. The smallest absolute Gasteiger partial charge is 0.0593 e. The molecule has 0 bridgehead atoms. The Morgan fingerprint density at radius 1 is 1.47 bits per heavy atom. The average Bonchev–Trinajstić information content (AvgIpc) is 2.41. The summed E-state index contributed by atoms with van der Waals surface area (Å²) in [6.45, 7) is 11.1. The van der Waals surface area contributed by atoms with Crippen LogP contribution in [0.2, 0.25) is 0 Å². The van der Waals surface area contributed by atoms with Crippen LogP contribution in [-0.2, 0) is 4.74 Å². The third-order valence-corrected chi connectivity index (χ3v) is 3.49. The summed E-state index contributed by atoms with van der Waals surface area (Å²) in [4.78, 5) is 2.66. The number of nitrogens with one attached hydrogen (secondary N) is 1. The third-order valence-electron chi connectivity index (χ3n) is 3.49. The Hall–Kier alpha value is -0.120. The Morgan fingerprint density at radius 3 is 3.13 bits per heavy atom. The number of piperidine rings is 1. The van der Waals surface area contributed by atoms with Crippen molar-refractivity contribution in [2.45, 2.75) is 26.3 Å². The number of nitrogens with zero attached hydrogens (tertiary/aromatic N) is 1. The van der Waals surface area contributed by atoms with Crippen molar-refractivity contribution in [1.29, 1.82) is 0 Å². The number of hydrogen-bond acceptors (Lipinski definition) is 3. The van der Waals surface area contributed by atoms with Gasteiger partial charge in [-0.15, -0.1) is 0 Å². The van der Waals surface area contributed by atoms with Crippen LogP contribution in [0.15, 0.2) is 0 Å². The van der Waals surface area contributed by atoms with Crippen LogP contribution in [0.4, 0.5) is 0 Å². The van der Waals surface area contributed by atoms with E-state index in [0.29, 0.717) is 5.92 Å². The molecule has 0 saturated carbocycles. The second-order valence-corrected chi connectivity index (χ2v) is 5.28. The molecule has 2 aliphatic rings. The average molecular weight is 212 g/mol. The van der Waals surface area contributed by atoms with Gasteiger partial charge in [-0.05, 0) is 18.9 Å². The summed E-state index contributed by atoms with van der Waals surface area (Å²) in [6.07, 6.45) is 1.29. The van der Waals surface area contributed by atoms with E-state index in [-0.39, 0.29) is 0 Å². The highest BCUT2D eigenvalue weighted by Gasteiger charge is 2.32. The first-order valence-electron chi connectivity index (χ1n) is 6.30. The molecule has 2 aliphatic heterocycles. The molecule has 2 saturated heterocycles. The fraction of sp³-hybridized carbons (Fsp3) is 1.00. The van der Waals surface area contributed by atoms with Crippen LogP contribution in [0.5, 0.6) is 0 Å². The van der Waals surface area contributed by atoms with E-state index in [4.69, 9.17) is 4.74 Å². The summed E-state index contributed by atoms with van der Waals surface area (Å²) in [5, 5.41) is 3.48. The van der Waals surface area contributed by atoms with Crippen LogP contribution in [-0.4, -0.2) is 50.3 Å². The van der Waals surface area contributed by atoms with Gasteiger partial charge in [-0.25, -0.2) is 0 Å². The molecule has 2 rings (SSSR count). The lowest BCUT2D eigenvalue weighted by atomic mass is 9.92. The minimum atomic E-state index is 0.708. The largest absolute Gasteiger partial charge is 0.380 e. The van der Waals surface area contributed by atoms with Crippen molar-refractivity contribution < 1.29 is 4.74 Å². The molecule has 3 nitrogen and oxygen atoms in total. The van der Waals surface area contributed by atoms with Crippen LogP contribution >= 0.6 is 0 Å². The Bertz CT molecular complexity index is 196. The summed E-state index contributed by atoms with van der Waals surface area (Å²) >= 11 is 0. The minimum Gasteiger partial charge on any atom is -0.380 e. The van der Waals surface area contributed by atoms with E-state index < -0.39 is 0 Å². The van der Waals surface area contributed by atoms with E-state index in [1.807, 2.05) is 0 Å². The monoisotopic (exact) mass is 212 g/mol. The topological polar surface area (TPSA) is 24.5 Å². The number of hydrogen-bond donors (Lipinski definition) is 1. The molecular formula is C12H24N2O. The first-order valence-corrected chi connectivity index (χ1v) is 6.30. The Balaban J connectivity index is 1.99. The quantitative estimate of drug-likeness (QED) is 0.737. The van der Waals surface area contributed by atoms with Crippen molar-refractivity contribution in [2.24, 2.45) is 11.8 Å². The zero-order valence-electron chi connectivity index (χ0n) is 10.0. The van der Waals surface area contributed by atoms with Crippen molar-refractivity contribution >= 4 is 0 Å². The highest BCUT2D eigenvalue weighted by atomic mass is 16.5. The zero-order valence-corrected chi connectivity index (χ0v) is 10.0. The van der Waals surface area contributed by atoms with Crippen LogP contribution < -0.4 is 5.32 Å². The highest BCUT2D eigenvalue weighted by molar-refractivity contribution is 4.87. The van der Waals surface area contributed by atoms with Gasteiger partial charge in [-0.2, -0.15) is 0 Å². The number of ether oxygens (including phenoxy) is 1. The van der Waals surface area contributed by atoms with Crippen molar-refractivity contribution in [3.05, 3.63) is 0 Å². The van der Waals surface area contributed by atoms with E-state index >= 15 is 0 Å². The van der Waals surface area contributed by atoms with Gasteiger partial charge in [0.15, 0.2) is 0 Å². The molecule has 0 aromatic carbocycles.